The van der Waals surface area contributed by atoms with E-state index in [-0.39, 0.29) is 37.0 Å². The van der Waals surface area contributed by atoms with Gasteiger partial charge in [-0.2, -0.15) is 4.31 Å². The third-order valence-corrected chi connectivity index (χ3v) is 11.2. The predicted molar refractivity (Wildman–Crippen MR) is 150 cm³/mol. The quantitative estimate of drug-likeness (QED) is 0.383. The minimum atomic E-state index is -3.55. The topological polar surface area (TPSA) is 95.9 Å². The molecular formula is C24H28BrN5O4S3. The van der Waals surface area contributed by atoms with E-state index in [1.807, 2.05) is 38.1 Å². The SMILES string of the molecule is CC1CN(c2nc3ccccc3nc2SCC(=O)N2CCN(S(=O)(=O)c3ccc(Br)s3)CC2)CC(C)O1. The molecule has 0 radical (unpaired) electrons. The van der Waals surface area contributed by atoms with E-state index in [4.69, 9.17) is 14.7 Å². The van der Waals surface area contributed by atoms with Gasteiger partial charge in [0.15, 0.2) is 5.82 Å². The van der Waals surface area contributed by atoms with Gasteiger partial charge in [-0.3, -0.25) is 4.79 Å². The summed E-state index contributed by atoms with van der Waals surface area (Å²) >= 11 is 5.90. The fourth-order valence-corrected chi connectivity index (χ4v) is 9.09. The van der Waals surface area contributed by atoms with Crippen LogP contribution in [-0.4, -0.2) is 90.7 Å². The van der Waals surface area contributed by atoms with Crippen LogP contribution in [0.2, 0.25) is 0 Å². The van der Waals surface area contributed by atoms with E-state index in [9.17, 15) is 13.2 Å². The highest BCUT2D eigenvalue weighted by molar-refractivity contribution is 9.11. The first-order chi connectivity index (χ1) is 17.7. The largest absolute Gasteiger partial charge is 0.372 e. The van der Waals surface area contributed by atoms with Crippen LogP contribution in [0.25, 0.3) is 11.0 Å². The number of benzene rings is 1. The molecule has 2 fully saturated rings. The molecular weight excluding hydrogens is 598 g/mol. The zero-order valence-corrected chi connectivity index (χ0v) is 24.6. The number of morpholine rings is 1. The molecule has 0 spiro atoms. The highest BCUT2D eigenvalue weighted by Crippen LogP contribution is 2.32. The summed E-state index contributed by atoms with van der Waals surface area (Å²) in [4.78, 5) is 26.8. The van der Waals surface area contributed by atoms with Crippen molar-refractivity contribution < 1.29 is 17.9 Å². The molecule has 0 aliphatic carbocycles. The molecule has 2 unspecified atom stereocenters. The van der Waals surface area contributed by atoms with Crippen LogP contribution in [0, 0.1) is 0 Å². The molecule has 2 aliphatic rings. The Labute approximate surface area is 233 Å². The van der Waals surface area contributed by atoms with Crippen LogP contribution in [0.15, 0.2) is 49.4 Å². The molecule has 0 bridgehead atoms. The van der Waals surface area contributed by atoms with E-state index in [1.54, 1.807) is 17.0 Å². The van der Waals surface area contributed by atoms with Crippen molar-refractivity contribution in [2.24, 2.45) is 0 Å². The summed E-state index contributed by atoms with van der Waals surface area (Å²) in [5, 5.41) is 0.720. The lowest BCUT2D eigenvalue weighted by Crippen LogP contribution is -2.50. The summed E-state index contributed by atoms with van der Waals surface area (Å²) in [5.41, 5.74) is 1.60. The number of amides is 1. The zero-order valence-electron chi connectivity index (χ0n) is 20.5. The third kappa shape index (κ3) is 5.96. The fourth-order valence-electron chi connectivity index (χ4n) is 4.59. The number of sulfonamides is 1. The van der Waals surface area contributed by atoms with Gasteiger partial charge in [0, 0.05) is 39.3 Å². The average molecular weight is 627 g/mol. The number of thioether (sulfide) groups is 1. The Kier molecular flexibility index (Phi) is 8.08. The van der Waals surface area contributed by atoms with Crippen molar-refractivity contribution in [3.63, 3.8) is 0 Å². The van der Waals surface area contributed by atoms with Crippen molar-refractivity contribution in [1.29, 1.82) is 0 Å². The van der Waals surface area contributed by atoms with Crippen molar-refractivity contribution in [2.75, 3.05) is 49.9 Å². The Morgan fingerprint density at radius 1 is 1.05 bits per heavy atom. The van der Waals surface area contributed by atoms with E-state index >= 15 is 0 Å². The van der Waals surface area contributed by atoms with Crippen molar-refractivity contribution in [2.45, 2.75) is 35.3 Å². The highest BCUT2D eigenvalue weighted by atomic mass is 79.9. The van der Waals surface area contributed by atoms with E-state index in [1.165, 1.54) is 27.4 Å². The van der Waals surface area contributed by atoms with Crippen LogP contribution in [-0.2, 0) is 19.6 Å². The molecule has 198 valence electrons. The molecule has 2 aliphatic heterocycles. The summed E-state index contributed by atoms with van der Waals surface area (Å²) in [6.07, 6.45) is 0.138. The first kappa shape index (κ1) is 26.8. The number of ether oxygens (including phenoxy) is 1. The second-order valence-electron chi connectivity index (χ2n) is 9.14. The van der Waals surface area contributed by atoms with Gasteiger partial charge in [0.1, 0.15) is 9.24 Å². The molecule has 4 heterocycles. The fraction of sp³-hybridized carbons (Fsp3) is 0.458. The minimum absolute atomic E-state index is 0.0365. The van der Waals surface area contributed by atoms with Crippen LogP contribution in [0.5, 0.6) is 0 Å². The van der Waals surface area contributed by atoms with Crippen molar-refractivity contribution in [1.82, 2.24) is 19.2 Å². The summed E-state index contributed by atoms with van der Waals surface area (Å²) in [7, 11) is -3.55. The normalized spacial score (nSPS) is 21.5. The zero-order chi connectivity index (χ0) is 26.2. The van der Waals surface area contributed by atoms with Crippen LogP contribution >= 0.6 is 39.0 Å². The number of anilines is 1. The van der Waals surface area contributed by atoms with Gasteiger partial charge in [0.05, 0.1) is 32.8 Å². The molecule has 0 saturated carbocycles. The van der Waals surface area contributed by atoms with Crippen molar-refractivity contribution >= 4 is 71.8 Å². The number of fused-ring (bicyclic) bond motifs is 1. The van der Waals surface area contributed by atoms with Crippen LogP contribution in [0.1, 0.15) is 13.8 Å². The standard InChI is InChI=1S/C24H28BrN5O4S3/c1-16-13-29(14-17(2)34-16)23-24(27-19-6-4-3-5-18(19)26-23)35-15-21(31)28-9-11-30(12-10-28)37(32,33)22-8-7-20(25)36-22/h3-8,16-17H,9-15H2,1-2H3. The number of rotatable bonds is 6. The van der Waals surface area contributed by atoms with Gasteiger partial charge in [-0.1, -0.05) is 23.9 Å². The van der Waals surface area contributed by atoms with Gasteiger partial charge < -0.3 is 14.5 Å². The highest BCUT2D eigenvalue weighted by Gasteiger charge is 2.32. The smallest absolute Gasteiger partial charge is 0.252 e. The van der Waals surface area contributed by atoms with Gasteiger partial charge in [0.25, 0.3) is 10.0 Å². The monoisotopic (exact) mass is 625 g/mol. The maximum absolute atomic E-state index is 13.1. The minimum Gasteiger partial charge on any atom is -0.372 e. The summed E-state index contributed by atoms with van der Waals surface area (Å²) in [6.45, 7) is 6.78. The van der Waals surface area contributed by atoms with Gasteiger partial charge in [-0.05, 0) is 54.0 Å². The van der Waals surface area contributed by atoms with Crippen molar-refractivity contribution in [3.05, 3.63) is 40.2 Å². The Hall–Kier alpha value is -1.77. The first-order valence-corrected chi connectivity index (χ1v) is 16.1. The summed E-state index contributed by atoms with van der Waals surface area (Å²) < 4.78 is 34.3. The molecule has 1 aromatic carbocycles. The number of piperazine rings is 1. The first-order valence-electron chi connectivity index (χ1n) is 12.0. The second-order valence-corrected chi connectivity index (χ2v) is 14.7. The lowest BCUT2D eigenvalue weighted by atomic mass is 10.2. The molecule has 13 heteroatoms. The lowest BCUT2D eigenvalue weighted by Gasteiger charge is -2.36. The molecule has 37 heavy (non-hydrogen) atoms. The molecule has 3 aromatic rings. The second kappa shape index (κ2) is 11.1. The molecule has 9 nitrogen and oxygen atoms in total. The van der Waals surface area contributed by atoms with E-state index in [0.29, 0.717) is 30.4 Å². The lowest BCUT2D eigenvalue weighted by molar-refractivity contribution is -0.129. The maximum Gasteiger partial charge on any atom is 0.252 e. The van der Waals surface area contributed by atoms with Gasteiger partial charge in [0.2, 0.25) is 5.91 Å². The van der Waals surface area contributed by atoms with Gasteiger partial charge in [-0.15, -0.1) is 11.3 Å². The average Bonchev–Trinajstić information content (AvgIpc) is 3.33. The third-order valence-electron chi connectivity index (χ3n) is 6.31. The molecule has 2 aromatic heterocycles. The van der Waals surface area contributed by atoms with Crippen LogP contribution in [0.3, 0.4) is 0 Å². The van der Waals surface area contributed by atoms with E-state index < -0.39 is 10.0 Å². The predicted octanol–water partition coefficient (Wildman–Crippen LogP) is 3.69. The van der Waals surface area contributed by atoms with E-state index in [0.717, 1.165) is 25.7 Å². The maximum atomic E-state index is 13.1. The number of hydrogen-bond donors (Lipinski definition) is 0. The Bertz CT molecular complexity index is 1380. The Balaban J connectivity index is 1.27. The number of aromatic nitrogens is 2. The number of thiophene rings is 1. The molecule has 5 rings (SSSR count). The van der Waals surface area contributed by atoms with Gasteiger partial charge >= 0.3 is 0 Å². The number of carbonyl (C=O) groups is 1. The number of hydrogen-bond acceptors (Lipinski definition) is 9. The molecule has 2 saturated heterocycles. The Morgan fingerprint density at radius 3 is 2.32 bits per heavy atom. The van der Waals surface area contributed by atoms with Gasteiger partial charge in [-0.25, -0.2) is 18.4 Å². The molecule has 1 amide bonds. The van der Waals surface area contributed by atoms with E-state index in [2.05, 4.69) is 20.8 Å². The Morgan fingerprint density at radius 2 is 1.70 bits per heavy atom. The van der Waals surface area contributed by atoms with Crippen molar-refractivity contribution in [3.8, 4) is 0 Å². The number of nitrogens with zero attached hydrogens (tertiary/aromatic N) is 5. The summed E-state index contributed by atoms with van der Waals surface area (Å²) in [6, 6.07) is 11.1. The summed E-state index contributed by atoms with van der Waals surface area (Å²) in [5.74, 6) is 0.946. The van der Waals surface area contributed by atoms with Crippen LogP contribution < -0.4 is 4.90 Å². The van der Waals surface area contributed by atoms with Crippen LogP contribution in [0.4, 0.5) is 5.82 Å². The number of para-hydroxylation sites is 2. The number of carbonyl (C=O) groups excluding carboxylic acids is 1. The molecule has 2 atom stereocenters. The number of halogens is 1. The molecule has 0 N–H and O–H groups in total.